The van der Waals surface area contributed by atoms with Gasteiger partial charge in [0.15, 0.2) is 11.6 Å². The van der Waals surface area contributed by atoms with E-state index in [4.69, 9.17) is 5.11 Å². The fraction of sp³-hybridized carbons (Fsp3) is 0.692. The van der Waals surface area contributed by atoms with E-state index >= 15 is 0 Å². The van der Waals surface area contributed by atoms with Crippen molar-refractivity contribution in [1.29, 1.82) is 0 Å². The molecule has 2 N–H and O–H groups in total. The first kappa shape index (κ1) is 15.6. The third-order valence-corrected chi connectivity index (χ3v) is 2.71. The number of halogens is 1. The number of aromatic nitrogens is 2. The van der Waals surface area contributed by atoms with E-state index in [1.807, 2.05) is 25.7 Å². The summed E-state index contributed by atoms with van der Waals surface area (Å²) in [7, 11) is 0. The lowest BCUT2D eigenvalue weighted by Gasteiger charge is -2.28. The van der Waals surface area contributed by atoms with E-state index in [0.717, 1.165) is 13.0 Å². The van der Waals surface area contributed by atoms with Gasteiger partial charge in [-0.25, -0.2) is 9.37 Å². The average Bonchev–Trinajstić information content (AvgIpc) is 2.39. The van der Waals surface area contributed by atoms with Crippen LogP contribution in [0.2, 0.25) is 0 Å². The lowest BCUT2D eigenvalue weighted by atomic mass is 10.3. The Balaban J connectivity index is 2.93. The topological polar surface area (TPSA) is 61.3 Å². The van der Waals surface area contributed by atoms with Crippen LogP contribution in [-0.2, 0) is 0 Å². The molecule has 0 unspecified atom stereocenters. The number of aliphatic hydroxyl groups is 1. The van der Waals surface area contributed by atoms with E-state index in [-0.39, 0.29) is 18.5 Å². The van der Waals surface area contributed by atoms with Crippen molar-refractivity contribution in [1.82, 2.24) is 9.97 Å². The molecule has 108 valence electrons. The minimum atomic E-state index is -0.436. The highest BCUT2D eigenvalue weighted by atomic mass is 19.1. The molecule has 0 saturated carbocycles. The summed E-state index contributed by atoms with van der Waals surface area (Å²) in [6, 6.07) is 0.106. The summed E-state index contributed by atoms with van der Waals surface area (Å²) >= 11 is 0. The van der Waals surface area contributed by atoms with Crippen molar-refractivity contribution in [3.05, 3.63) is 12.0 Å². The van der Waals surface area contributed by atoms with Gasteiger partial charge in [-0.05, 0) is 26.7 Å². The summed E-state index contributed by atoms with van der Waals surface area (Å²) in [6.07, 6.45) is 2.72. The highest BCUT2D eigenvalue weighted by Gasteiger charge is 2.17. The maximum Gasteiger partial charge on any atom is 0.224 e. The van der Waals surface area contributed by atoms with Crippen LogP contribution in [0.5, 0.6) is 0 Å². The predicted molar refractivity (Wildman–Crippen MR) is 75.0 cm³/mol. The van der Waals surface area contributed by atoms with Crippen LogP contribution in [0.25, 0.3) is 0 Å². The fourth-order valence-corrected chi connectivity index (χ4v) is 1.73. The number of hydrogen-bond donors (Lipinski definition) is 2. The molecule has 5 nitrogen and oxygen atoms in total. The molecule has 0 aliphatic heterocycles. The minimum Gasteiger partial charge on any atom is -0.396 e. The molecule has 0 aliphatic carbocycles. The van der Waals surface area contributed by atoms with Crippen LogP contribution in [0, 0.1) is 5.82 Å². The van der Waals surface area contributed by atoms with Gasteiger partial charge < -0.3 is 15.3 Å². The van der Waals surface area contributed by atoms with Crippen LogP contribution in [-0.4, -0.2) is 40.8 Å². The first-order valence-electron chi connectivity index (χ1n) is 6.74. The summed E-state index contributed by atoms with van der Waals surface area (Å²) < 4.78 is 13.9. The number of nitrogens with one attached hydrogen (secondary N) is 1. The molecule has 0 aliphatic rings. The van der Waals surface area contributed by atoms with Gasteiger partial charge in [-0.15, -0.1) is 0 Å². The van der Waals surface area contributed by atoms with Crippen LogP contribution in [0.3, 0.4) is 0 Å². The molecule has 1 heterocycles. The Morgan fingerprint density at radius 2 is 2.21 bits per heavy atom. The van der Waals surface area contributed by atoms with Gasteiger partial charge in [0.1, 0.15) is 0 Å². The zero-order valence-corrected chi connectivity index (χ0v) is 11.9. The molecule has 19 heavy (non-hydrogen) atoms. The lowest BCUT2D eigenvalue weighted by molar-refractivity contribution is 0.288. The van der Waals surface area contributed by atoms with Gasteiger partial charge in [0.05, 0.1) is 6.20 Å². The SMILES string of the molecule is CCCNc1ncc(F)c(N(CCCO)C(C)C)n1. The number of nitrogens with zero attached hydrogens (tertiary/aromatic N) is 3. The largest absolute Gasteiger partial charge is 0.396 e. The van der Waals surface area contributed by atoms with Gasteiger partial charge in [0.25, 0.3) is 0 Å². The maximum atomic E-state index is 13.9. The predicted octanol–water partition coefficient (Wildman–Crippen LogP) is 2.03. The molecule has 0 amide bonds. The van der Waals surface area contributed by atoms with E-state index < -0.39 is 5.82 Å². The molecule has 0 radical (unpaired) electrons. The fourth-order valence-electron chi connectivity index (χ4n) is 1.73. The third-order valence-electron chi connectivity index (χ3n) is 2.71. The Bertz CT molecular complexity index is 387. The quantitative estimate of drug-likeness (QED) is 0.757. The third kappa shape index (κ3) is 4.63. The Morgan fingerprint density at radius 1 is 1.47 bits per heavy atom. The van der Waals surface area contributed by atoms with E-state index in [2.05, 4.69) is 15.3 Å². The van der Waals surface area contributed by atoms with E-state index in [0.29, 0.717) is 18.9 Å². The second-order valence-electron chi connectivity index (χ2n) is 4.66. The van der Waals surface area contributed by atoms with Crippen LogP contribution in [0.4, 0.5) is 16.2 Å². The van der Waals surface area contributed by atoms with Gasteiger partial charge in [-0.3, -0.25) is 0 Å². The molecule has 1 aromatic rings. The molecule has 6 heteroatoms. The van der Waals surface area contributed by atoms with Gasteiger partial charge in [-0.1, -0.05) is 6.92 Å². The Labute approximate surface area is 113 Å². The van der Waals surface area contributed by atoms with Crippen LogP contribution in [0.15, 0.2) is 6.20 Å². The van der Waals surface area contributed by atoms with Gasteiger partial charge in [-0.2, -0.15) is 4.98 Å². The van der Waals surface area contributed by atoms with Crippen molar-refractivity contribution < 1.29 is 9.50 Å². The van der Waals surface area contributed by atoms with Gasteiger partial charge in [0.2, 0.25) is 5.95 Å². The van der Waals surface area contributed by atoms with Crippen molar-refractivity contribution in [3.63, 3.8) is 0 Å². The molecular formula is C13H23FN4O. The number of aliphatic hydroxyl groups excluding tert-OH is 1. The van der Waals surface area contributed by atoms with E-state index in [1.54, 1.807) is 0 Å². The van der Waals surface area contributed by atoms with Crippen molar-refractivity contribution >= 4 is 11.8 Å². The second-order valence-corrected chi connectivity index (χ2v) is 4.66. The average molecular weight is 270 g/mol. The van der Waals surface area contributed by atoms with Crippen molar-refractivity contribution in [2.24, 2.45) is 0 Å². The standard InChI is InChI=1S/C13H23FN4O/c1-4-6-15-13-16-9-11(14)12(17-13)18(10(2)3)7-5-8-19/h9-10,19H,4-8H2,1-3H3,(H,15,16,17). The number of anilines is 2. The van der Waals surface area contributed by atoms with Gasteiger partial charge in [0, 0.05) is 25.7 Å². The smallest absolute Gasteiger partial charge is 0.224 e. The summed E-state index contributed by atoms with van der Waals surface area (Å²) in [4.78, 5) is 9.99. The molecule has 1 rings (SSSR count). The second kappa shape index (κ2) is 7.89. The molecular weight excluding hydrogens is 247 g/mol. The van der Waals surface area contributed by atoms with Crippen molar-refractivity contribution in [2.45, 2.75) is 39.7 Å². The molecule has 0 aromatic carbocycles. The molecule has 0 spiro atoms. The zero-order valence-electron chi connectivity index (χ0n) is 11.9. The number of rotatable bonds is 8. The number of hydrogen-bond acceptors (Lipinski definition) is 5. The Kier molecular flexibility index (Phi) is 6.49. The normalized spacial score (nSPS) is 10.8. The van der Waals surface area contributed by atoms with Crippen LogP contribution in [0.1, 0.15) is 33.6 Å². The Morgan fingerprint density at radius 3 is 2.79 bits per heavy atom. The highest BCUT2D eigenvalue weighted by Crippen LogP contribution is 2.20. The highest BCUT2D eigenvalue weighted by molar-refractivity contribution is 5.44. The zero-order chi connectivity index (χ0) is 14.3. The summed E-state index contributed by atoms with van der Waals surface area (Å²) in [5, 5.41) is 12.0. The summed E-state index contributed by atoms with van der Waals surface area (Å²) in [5.74, 6) is 0.290. The van der Waals surface area contributed by atoms with Gasteiger partial charge >= 0.3 is 0 Å². The first-order valence-corrected chi connectivity index (χ1v) is 6.74. The van der Waals surface area contributed by atoms with Crippen LogP contribution >= 0.6 is 0 Å². The summed E-state index contributed by atoms with van der Waals surface area (Å²) in [5.41, 5.74) is 0. The molecule has 0 bridgehead atoms. The lowest BCUT2D eigenvalue weighted by Crippen LogP contribution is -2.34. The molecule has 0 atom stereocenters. The van der Waals surface area contributed by atoms with E-state index in [9.17, 15) is 4.39 Å². The Hall–Kier alpha value is -1.43. The maximum absolute atomic E-state index is 13.9. The monoisotopic (exact) mass is 270 g/mol. The molecule has 1 aromatic heterocycles. The van der Waals surface area contributed by atoms with Crippen LogP contribution < -0.4 is 10.2 Å². The van der Waals surface area contributed by atoms with Crippen molar-refractivity contribution in [2.75, 3.05) is 29.9 Å². The molecule has 0 saturated heterocycles. The summed E-state index contributed by atoms with van der Waals surface area (Å²) in [6.45, 7) is 7.38. The molecule has 0 fully saturated rings. The minimum absolute atomic E-state index is 0.0802. The van der Waals surface area contributed by atoms with E-state index in [1.165, 1.54) is 6.20 Å². The first-order chi connectivity index (χ1) is 9.10. The van der Waals surface area contributed by atoms with Crippen molar-refractivity contribution in [3.8, 4) is 0 Å².